The van der Waals surface area contributed by atoms with Crippen molar-refractivity contribution in [2.24, 2.45) is 23.7 Å². The first-order chi connectivity index (χ1) is 12.5. The topological polar surface area (TPSA) is 54.3 Å². The van der Waals surface area contributed by atoms with Crippen LogP contribution in [0.4, 0.5) is 5.69 Å². The Morgan fingerprint density at radius 2 is 1.77 bits per heavy atom. The molecule has 0 radical (unpaired) electrons. The Bertz CT molecular complexity index is 907. The first-order valence-corrected chi connectivity index (χ1v) is 10.1. The van der Waals surface area contributed by atoms with E-state index in [1.807, 2.05) is 25.1 Å². The second kappa shape index (κ2) is 6.08. The molecule has 4 aliphatic rings. The predicted molar refractivity (Wildman–Crippen MR) is 107 cm³/mol. The van der Waals surface area contributed by atoms with Crippen LogP contribution in [0, 0.1) is 30.6 Å². The molecule has 6 rings (SSSR count). The molecule has 1 heterocycles. The van der Waals surface area contributed by atoms with Gasteiger partial charge in [0.2, 0.25) is 0 Å². The van der Waals surface area contributed by atoms with E-state index in [2.05, 4.69) is 10.6 Å². The highest BCUT2D eigenvalue weighted by Gasteiger charge is 2.48. The molecule has 0 atom stereocenters. The minimum atomic E-state index is -0.318. The fourth-order valence-electron chi connectivity index (χ4n) is 5.88. The normalized spacial score (nSPS) is 32.0. The van der Waals surface area contributed by atoms with E-state index in [0.717, 1.165) is 40.3 Å². The lowest BCUT2D eigenvalue weighted by atomic mass is 9.54. The van der Waals surface area contributed by atoms with E-state index < -0.39 is 0 Å². The number of nitrogens with one attached hydrogen (secondary N) is 2. The van der Waals surface area contributed by atoms with Crippen molar-refractivity contribution in [3.8, 4) is 0 Å². The van der Waals surface area contributed by atoms with Crippen LogP contribution in [0.25, 0.3) is 11.0 Å². The SMILES string of the molecule is Cc1cc(=O)oc2cc(NC(=S)NC3C4CC5CC(C4)CC3C5)ccc12. The average Bonchev–Trinajstić information content (AvgIpc) is 2.57. The van der Waals surface area contributed by atoms with E-state index in [-0.39, 0.29) is 5.63 Å². The predicted octanol–water partition coefficient (Wildman–Crippen LogP) is 4.21. The average molecular weight is 369 g/mol. The molecule has 4 saturated carbocycles. The van der Waals surface area contributed by atoms with Gasteiger partial charge in [-0.2, -0.15) is 0 Å². The molecule has 0 unspecified atom stereocenters. The van der Waals surface area contributed by atoms with E-state index in [0.29, 0.717) is 16.7 Å². The van der Waals surface area contributed by atoms with Crippen molar-refractivity contribution in [1.82, 2.24) is 5.32 Å². The molecule has 136 valence electrons. The maximum absolute atomic E-state index is 11.6. The van der Waals surface area contributed by atoms with Crippen LogP contribution in [0.15, 0.2) is 33.5 Å². The van der Waals surface area contributed by atoms with Crippen LogP contribution in [0.5, 0.6) is 0 Å². The lowest BCUT2D eigenvalue weighted by molar-refractivity contribution is -0.00665. The van der Waals surface area contributed by atoms with Gasteiger partial charge < -0.3 is 15.1 Å². The molecule has 1 aromatic carbocycles. The maximum Gasteiger partial charge on any atom is 0.336 e. The quantitative estimate of drug-likeness (QED) is 0.614. The van der Waals surface area contributed by atoms with Crippen molar-refractivity contribution < 1.29 is 4.42 Å². The van der Waals surface area contributed by atoms with Gasteiger partial charge >= 0.3 is 5.63 Å². The summed E-state index contributed by atoms with van der Waals surface area (Å²) in [4.78, 5) is 11.6. The Hall–Kier alpha value is -1.88. The maximum atomic E-state index is 11.6. The largest absolute Gasteiger partial charge is 0.423 e. The smallest absolute Gasteiger partial charge is 0.336 e. The van der Waals surface area contributed by atoms with Crippen LogP contribution in [0.3, 0.4) is 0 Å². The molecule has 4 bridgehead atoms. The second-order valence-corrected chi connectivity index (χ2v) is 8.92. The lowest BCUT2D eigenvalue weighted by Gasteiger charge is -2.54. The molecule has 0 saturated heterocycles. The summed E-state index contributed by atoms with van der Waals surface area (Å²) in [6, 6.07) is 7.85. The molecule has 26 heavy (non-hydrogen) atoms. The van der Waals surface area contributed by atoms with Crippen molar-refractivity contribution in [3.05, 3.63) is 40.2 Å². The summed E-state index contributed by atoms with van der Waals surface area (Å²) in [6.07, 6.45) is 6.94. The summed E-state index contributed by atoms with van der Waals surface area (Å²) < 4.78 is 5.33. The minimum Gasteiger partial charge on any atom is -0.423 e. The molecular formula is C21H24N2O2S. The number of hydrogen-bond donors (Lipinski definition) is 2. The summed E-state index contributed by atoms with van der Waals surface area (Å²) >= 11 is 5.60. The fourth-order valence-corrected chi connectivity index (χ4v) is 6.14. The third-order valence-corrected chi connectivity index (χ3v) is 6.95. The van der Waals surface area contributed by atoms with Crippen LogP contribution < -0.4 is 16.3 Å². The van der Waals surface area contributed by atoms with Gasteiger partial charge in [0.1, 0.15) is 5.58 Å². The summed E-state index contributed by atoms with van der Waals surface area (Å²) in [5, 5.41) is 8.53. The highest BCUT2D eigenvalue weighted by Crippen LogP contribution is 2.53. The van der Waals surface area contributed by atoms with Crippen molar-refractivity contribution >= 4 is 34.0 Å². The molecule has 1 aromatic heterocycles. The van der Waals surface area contributed by atoms with Crippen molar-refractivity contribution in [2.75, 3.05) is 5.32 Å². The molecule has 0 aliphatic heterocycles. The van der Waals surface area contributed by atoms with Crippen molar-refractivity contribution in [2.45, 2.75) is 45.1 Å². The van der Waals surface area contributed by atoms with Crippen LogP contribution in [-0.4, -0.2) is 11.2 Å². The first-order valence-electron chi connectivity index (χ1n) is 9.67. The Balaban J connectivity index is 1.31. The van der Waals surface area contributed by atoms with Gasteiger partial charge in [0.25, 0.3) is 0 Å². The number of aryl methyl sites for hydroxylation is 1. The van der Waals surface area contributed by atoms with Crippen LogP contribution in [-0.2, 0) is 0 Å². The van der Waals surface area contributed by atoms with Gasteiger partial charge in [-0.05, 0) is 92.6 Å². The molecule has 2 aromatic rings. The van der Waals surface area contributed by atoms with Crippen LogP contribution in [0.2, 0.25) is 0 Å². The Labute approximate surface area is 158 Å². The van der Waals surface area contributed by atoms with Gasteiger partial charge in [-0.1, -0.05) is 0 Å². The Kier molecular flexibility index (Phi) is 3.82. The lowest BCUT2D eigenvalue weighted by Crippen LogP contribution is -2.56. The van der Waals surface area contributed by atoms with Crippen molar-refractivity contribution in [3.63, 3.8) is 0 Å². The standard InChI is InChI=1S/C21H24N2O2S/c1-11-4-19(24)25-18-10-16(2-3-17(11)18)22-21(26)23-20-14-6-12-5-13(8-14)9-15(20)7-12/h2-4,10,12-15,20H,5-9H2,1H3,(H2,22,23,26). The monoisotopic (exact) mass is 368 g/mol. The number of thiocarbonyl (C=S) groups is 1. The molecule has 5 heteroatoms. The van der Waals surface area contributed by atoms with Crippen LogP contribution in [0.1, 0.15) is 37.7 Å². The number of anilines is 1. The second-order valence-electron chi connectivity index (χ2n) is 8.51. The van der Waals surface area contributed by atoms with Gasteiger partial charge in [-0.3, -0.25) is 0 Å². The van der Waals surface area contributed by atoms with Gasteiger partial charge in [-0.25, -0.2) is 4.79 Å². The van der Waals surface area contributed by atoms with E-state index in [4.69, 9.17) is 16.6 Å². The molecule has 0 amide bonds. The van der Waals surface area contributed by atoms with Gasteiger partial charge in [0.15, 0.2) is 5.11 Å². The number of benzene rings is 1. The highest BCUT2D eigenvalue weighted by atomic mass is 32.1. The number of hydrogen-bond acceptors (Lipinski definition) is 3. The molecular weight excluding hydrogens is 344 g/mol. The summed E-state index contributed by atoms with van der Waals surface area (Å²) in [7, 11) is 0. The molecule has 0 spiro atoms. The Morgan fingerprint density at radius 3 is 2.46 bits per heavy atom. The van der Waals surface area contributed by atoms with E-state index in [9.17, 15) is 4.79 Å². The van der Waals surface area contributed by atoms with Crippen LogP contribution >= 0.6 is 12.2 Å². The number of fused-ring (bicyclic) bond motifs is 1. The summed E-state index contributed by atoms with van der Waals surface area (Å²) in [5.74, 6) is 3.49. The third kappa shape index (κ3) is 2.82. The van der Waals surface area contributed by atoms with E-state index in [1.54, 1.807) is 0 Å². The first kappa shape index (κ1) is 16.3. The zero-order valence-corrected chi connectivity index (χ0v) is 15.8. The summed E-state index contributed by atoms with van der Waals surface area (Å²) in [6.45, 7) is 1.92. The summed E-state index contributed by atoms with van der Waals surface area (Å²) in [5.41, 5.74) is 2.06. The Morgan fingerprint density at radius 1 is 1.08 bits per heavy atom. The minimum absolute atomic E-state index is 0.318. The third-order valence-electron chi connectivity index (χ3n) is 6.73. The zero-order chi connectivity index (χ0) is 17.8. The number of rotatable bonds is 2. The van der Waals surface area contributed by atoms with E-state index >= 15 is 0 Å². The highest BCUT2D eigenvalue weighted by molar-refractivity contribution is 7.80. The van der Waals surface area contributed by atoms with Gasteiger partial charge in [-0.15, -0.1) is 0 Å². The molecule has 4 aliphatic carbocycles. The van der Waals surface area contributed by atoms with Gasteiger partial charge in [0.05, 0.1) is 0 Å². The fraction of sp³-hybridized carbons (Fsp3) is 0.524. The molecule has 2 N–H and O–H groups in total. The zero-order valence-electron chi connectivity index (χ0n) is 15.0. The van der Waals surface area contributed by atoms with Gasteiger partial charge in [0, 0.05) is 29.2 Å². The van der Waals surface area contributed by atoms with Crippen molar-refractivity contribution in [1.29, 1.82) is 0 Å². The van der Waals surface area contributed by atoms with E-state index in [1.165, 1.54) is 38.2 Å². The molecule has 4 nitrogen and oxygen atoms in total. The molecule has 4 fully saturated rings.